The Morgan fingerprint density at radius 2 is 1.36 bits per heavy atom. The Kier molecular flexibility index (Phi) is 5.97. The van der Waals surface area contributed by atoms with Crippen LogP contribution in [0.15, 0.2) is 78.9 Å². The highest BCUT2D eigenvalue weighted by Crippen LogP contribution is 2.37. The van der Waals surface area contributed by atoms with E-state index in [0.29, 0.717) is 12.2 Å². The number of hydrogen-bond donors (Lipinski definition) is 0. The summed E-state index contributed by atoms with van der Waals surface area (Å²) in [4.78, 5) is 11.6. The van der Waals surface area contributed by atoms with Crippen molar-refractivity contribution in [2.45, 2.75) is 39.3 Å². The van der Waals surface area contributed by atoms with E-state index in [2.05, 4.69) is 69.3 Å². The zero-order valence-electron chi connectivity index (χ0n) is 17.1. The normalized spacial score (nSPS) is 12.0. The maximum atomic E-state index is 11.6. The zero-order chi connectivity index (χ0) is 20.2. The van der Waals surface area contributed by atoms with Gasteiger partial charge in [0, 0.05) is 5.56 Å². The van der Waals surface area contributed by atoms with E-state index in [0.717, 1.165) is 17.4 Å². The fourth-order valence-corrected chi connectivity index (χ4v) is 8.49. The molecule has 144 valence electrons. The van der Waals surface area contributed by atoms with Gasteiger partial charge in [0.25, 0.3) is 8.32 Å². The van der Waals surface area contributed by atoms with Crippen molar-refractivity contribution in [2.75, 3.05) is 0 Å². The molecule has 0 aliphatic heterocycles. The van der Waals surface area contributed by atoms with E-state index < -0.39 is 8.32 Å². The molecule has 3 aromatic carbocycles. The zero-order valence-corrected chi connectivity index (χ0v) is 18.1. The third-order valence-corrected chi connectivity index (χ3v) is 10.4. The standard InChI is InChI=1S/C25H28O2Si/c1-20-12-11-13-21(18-26)24(20)19-27-28(25(2,3)4,22-14-7-5-8-15-22)23-16-9-6-10-17-23/h5-18H,19H2,1-4H3. The second-order valence-corrected chi connectivity index (χ2v) is 12.5. The largest absolute Gasteiger partial charge is 0.403 e. The first kappa shape index (κ1) is 20.2. The summed E-state index contributed by atoms with van der Waals surface area (Å²) in [6.45, 7) is 9.25. The van der Waals surface area contributed by atoms with Gasteiger partial charge in [-0.25, -0.2) is 0 Å². The van der Waals surface area contributed by atoms with E-state index in [4.69, 9.17) is 4.43 Å². The summed E-state index contributed by atoms with van der Waals surface area (Å²) in [6.07, 6.45) is 0.928. The summed E-state index contributed by atoms with van der Waals surface area (Å²) in [5.74, 6) is 0. The fourth-order valence-electron chi connectivity index (χ4n) is 3.97. The predicted octanol–water partition coefficient (Wildman–Crippen LogP) is 4.88. The van der Waals surface area contributed by atoms with Gasteiger partial charge in [-0.1, -0.05) is 99.6 Å². The molecule has 3 aromatic rings. The Morgan fingerprint density at radius 1 is 0.821 bits per heavy atom. The van der Waals surface area contributed by atoms with Gasteiger partial charge in [-0.15, -0.1) is 0 Å². The maximum absolute atomic E-state index is 11.6. The molecule has 3 heteroatoms. The Morgan fingerprint density at radius 3 is 1.82 bits per heavy atom. The van der Waals surface area contributed by atoms with Crippen molar-refractivity contribution in [2.24, 2.45) is 0 Å². The second kappa shape index (κ2) is 8.25. The van der Waals surface area contributed by atoms with Crippen LogP contribution in [0, 0.1) is 6.92 Å². The van der Waals surface area contributed by atoms with Crippen LogP contribution in [0.3, 0.4) is 0 Å². The molecule has 28 heavy (non-hydrogen) atoms. The Balaban J connectivity index is 2.16. The third-order valence-electron chi connectivity index (χ3n) is 5.42. The minimum Gasteiger partial charge on any atom is -0.403 e. The molecule has 0 aliphatic carbocycles. The molecule has 0 unspecified atom stereocenters. The van der Waals surface area contributed by atoms with Crippen LogP contribution in [0.2, 0.25) is 5.04 Å². The molecule has 0 heterocycles. The average molecular weight is 389 g/mol. The number of aldehydes is 1. The van der Waals surface area contributed by atoms with E-state index in [-0.39, 0.29) is 5.04 Å². The van der Waals surface area contributed by atoms with Crippen LogP contribution >= 0.6 is 0 Å². The smallest absolute Gasteiger partial charge is 0.261 e. The van der Waals surface area contributed by atoms with Crippen LogP contribution in [-0.2, 0) is 11.0 Å². The van der Waals surface area contributed by atoms with Crippen LogP contribution in [0.5, 0.6) is 0 Å². The molecule has 0 saturated heterocycles. The van der Waals surface area contributed by atoms with E-state index in [1.165, 1.54) is 10.4 Å². The first-order chi connectivity index (χ1) is 13.4. The summed E-state index contributed by atoms with van der Waals surface area (Å²) in [7, 11) is -2.61. The summed E-state index contributed by atoms with van der Waals surface area (Å²) in [5.41, 5.74) is 2.77. The van der Waals surface area contributed by atoms with E-state index >= 15 is 0 Å². The summed E-state index contributed by atoms with van der Waals surface area (Å²) >= 11 is 0. The lowest BCUT2D eigenvalue weighted by Crippen LogP contribution is -2.66. The van der Waals surface area contributed by atoms with Crippen LogP contribution in [0.1, 0.15) is 42.3 Å². The van der Waals surface area contributed by atoms with Crippen LogP contribution in [-0.4, -0.2) is 14.6 Å². The highest BCUT2D eigenvalue weighted by Gasteiger charge is 2.50. The van der Waals surface area contributed by atoms with Crippen molar-refractivity contribution in [1.29, 1.82) is 0 Å². The van der Waals surface area contributed by atoms with Crippen molar-refractivity contribution < 1.29 is 9.22 Å². The van der Waals surface area contributed by atoms with Crippen molar-refractivity contribution >= 4 is 25.0 Å². The van der Waals surface area contributed by atoms with Gasteiger partial charge >= 0.3 is 0 Å². The van der Waals surface area contributed by atoms with Gasteiger partial charge in [-0.3, -0.25) is 4.79 Å². The highest BCUT2D eigenvalue weighted by atomic mass is 28.4. The molecule has 0 amide bonds. The average Bonchev–Trinajstić information content (AvgIpc) is 2.70. The second-order valence-electron chi connectivity index (χ2n) is 8.21. The van der Waals surface area contributed by atoms with Crippen LogP contribution in [0.25, 0.3) is 0 Å². The Labute approximate surface area is 169 Å². The lowest BCUT2D eigenvalue weighted by Gasteiger charge is -2.43. The molecule has 0 atom stereocenters. The number of carbonyl (C=O) groups is 1. The lowest BCUT2D eigenvalue weighted by atomic mass is 10.0. The van der Waals surface area contributed by atoms with Gasteiger partial charge in [-0.05, 0) is 33.5 Å². The maximum Gasteiger partial charge on any atom is 0.261 e. The molecule has 0 spiro atoms. The quantitative estimate of drug-likeness (QED) is 0.444. The van der Waals surface area contributed by atoms with Crippen molar-refractivity contribution in [3.63, 3.8) is 0 Å². The molecule has 3 rings (SSSR count). The molecule has 0 bridgehead atoms. The molecular formula is C25H28O2Si. The Hall–Kier alpha value is -2.49. The predicted molar refractivity (Wildman–Crippen MR) is 119 cm³/mol. The first-order valence-electron chi connectivity index (χ1n) is 9.69. The number of benzene rings is 3. The summed E-state index contributed by atoms with van der Waals surface area (Å²) < 4.78 is 6.96. The topological polar surface area (TPSA) is 26.3 Å². The number of aryl methyl sites for hydroxylation is 1. The van der Waals surface area contributed by atoms with Crippen molar-refractivity contribution in [3.8, 4) is 0 Å². The molecular weight excluding hydrogens is 360 g/mol. The molecule has 0 fully saturated rings. The van der Waals surface area contributed by atoms with Gasteiger partial charge in [0.1, 0.15) is 6.29 Å². The molecule has 0 radical (unpaired) electrons. The fraction of sp³-hybridized carbons (Fsp3) is 0.240. The number of carbonyl (C=O) groups excluding carboxylic acids is 1. The van der Waals surface area contributed by atoms with E-state index in [9.17, 15) is 4.79 Å². The van der Waals surface area contributed by atoms with Gasteiger partial charge in [-0.2, -0.15) is 0 Å². The monoisotopic (exact) mass is 388 g/mol. The van der Waals surface area contributed by atoms with Crippen LogP contribution < -0.4 is 10.4 Å². The molecule has 0 saturated carbocycles. The summed E-state index contributed by atoms with van der Waals surface area (Å²) in [6, 6.07) is 27.0. The molecule has 2 nitrogen and oxygen atoms in total. The molecule has 0 aromatic heterocycles. The SMILES string of the molecule is Cc1cccc(C=O)c1CO[Si](c1ccccc1)(c1ccccc1)C(C)(C)C. The first-order valence-corrected chi connectivity index (χ1v) is 11.6. The van der Waals surface area contributed by atoms with Gasteiger partial charge in [0.05, 0.1) is 6.61 Å². The van der Waals surface area contributed by atoms with Crippen molar-refractivity contribution in [3.05, 3.63) is 95.6 Å². The van der Waals surface area contributed by atoms with Gasteiger partial charge in [0.2, 0.25) is 0 Å². The van der Waals surface area contributed by atoms with E-state index in [1.807, 2.05) is 37.3 Å². The molecule has 0 aliphatic rings. The summed E-state index contributed by atoms with van der Waals surface area (Å²) in [5, 5.41) is 2.41. The van der Waals surface area contributed by atoms with Gasteiger partial charge in [0.15, 0.2) is 0 Å². The highest BCUT2D eigenvalue weighted by molar-refractivity contribution is 6.99. The Bertz CT molecular complexity index is 888. The minimum absolute atomic E-state index is 0.0836. The van der Waals surface area contributed by atoms with Crippen molar-refractivity contribution in [1.82, 2.24) is 0 Å². The molecule has 0 N–H and O–H groups in total. The van der Waals surface area contributed by atoms with Gasteiger partial charge < -0.3 is 4.43 Å². The van der Waals surface area contributed by atoms with Crippen LogP contribution in [0.4, 0.5) is 0 Å². The van der Waals surface area contributed by atoms with E-state index in [1.54, 1.807) is 0 Å². The third kappa shape index (κ3) is 3.73. The number of hydrogen-bond acceptors (Lipinski definition) is 2. The number of rotatable bonds is 6. The minimum atomic E-state index is -2.61. The lowest BCUT2D eigenvalue weighted by molar-refractivity contribution is 0.112.